The molecule has 0 aliphatic heterocycles. The summed E-state index contributed by atoms with van der Waals surface area (Å²) in [5.41, 5.74) is 0.313. The van der Waals surface area contributed by atoms with E-state index >= 15 is 0 Å². The standard InChI is InChI=1S/C12H17BrN2O4S2/c13-11-8-10(20(14,16)17)6-7-12(11)15-21(18,19)9-4-2-1-3-5-9/h6-9,15H,1-5H2,(H2,14,16,17). The Balaban J connectivity index is 2.23. The van der Waals surface area contributed by atoms with E-state index in [4.69, 9.17) is 5.14 Å². The van der Waals surface area contributed by atoms with Gasteiger partial charge in [0, 0.05) is 4.47 Å². The van der Waals surface area contributed by atoms with Crippen LogP contribution >= 0.6 is 15.9 Å². The SMILES string of the molecule is NS(=O)(=O)c1ccc(NS(=O)(=O)C2CCCCC2)c(Br)c1. The minimum Gasteiger partial charge on any atom is -0.282 e. The first kappa shape index (κ1) is 16.7. The topological polar surface area (TPSA) is 106 Å². The lowest BCUT2D eigenvalue weighted by Crippen LogP contribution is -2.29. The zero-order valence-corrected chi connectivity index (χ0v) is 14.5. The molecule has 0 spiro atoms. The highest BCUT2D eigenvalue weighted by Crippen LogP contribution is 2.29. The van der Waals surface area contributed by atoms with Crippen LogP contribution in [0.15, 0.2) is 27.6 Å². The number of nitrogens with two attached hydrogens (primary N) is 1. The van der Waals surface area contributed by atoms with Gasteiger partial charge >= 0.3 is 0 Å². The molecule has 0 atom stereocenters. The van der Waals surface area contributed by atoms with Crippen molar-refractivity contribution in [3.63, 3.8) is 0 Å². The lowest BCUT2D eigenvalue weighted by molar-refractivity contribution is 0.486. The normalized spacial score (nSPS) is 17.6. The van der Waals surface area contributed by atoms with Gasteiger partial charge in [-0.25, -0.2) is 22.0 Å². The number of sulfonamides is 2. The first-order chi connectivity index (χ1) is 9.70. The van der Waals surface area contributed by atoms with Gasteiger partial charge in [0.05, 0.1) is 15.8 Å². The highest BCUT2D eigenvalue weighted by Gasteiger charge is 2.27. The second-order valence-electron chi connectivity index (χ2n) is 5.09. The summed E-state index contributed by atoms with van der Waals surface area (Å²) in [6.45, 7) is 0. The number of anilines is 1. The van der Waals surface area contributed by atoms with Crippen LogP contribution < -0.4 is 9.86 Å². The van der Waals surface area contributed by atoms with Gasteiger partial charge in [0.1, 0.15) is 0 Å². The fourth-order valence-electron chi connectivity index (χ4n) is 2.37. The van der Waals surface area contributed by atoms with Crippen molar-refractivity contribution in [2.24, 2.45) is 5.14 Å². The van der Waals surface area contributed by atoms with Gasteiger partial charge in [0.25, 0.3) is 0 Å². The maximum Gasteiger partial charge on any atom is 0.238 e. The number of nitrogens with one attached hydrogen (secondary N) is 1. The molecule has 1 saturated carbocycles. The molecule has 0 unspecified atom stereocenters. The molecule has 0 aromatic heterocycles. The van der Waals surface area contributed by atoms with E-state index in [0.29, 0.717) is 23.0 Å². The van der Waals surface area contributed by atoms with Crippen molar-refractivity contribution in [3.05, 3.63) is 22.7 Å². The Bertz CT molecular complexity index is 726. The van der Waals surface area contributed by atoms with Crippen molar-refractivity contribution in [2.45, 2.75) is 42.2 Å². The number of primary sulfonamides is 1. The number of rotatable bonds is 4. The lowest BCUT2D eigenvalue weighted by atomic mass is 10.0. The van der Waals surface area contributed by atoms with Crippen molar-refractivity contribution >= 4 is 41.7 Å². The predicted octanol–water partition coefficient (Wildman–Crippen LogP) is 2.17. The number of hydrogen-bond donors (Lipinski definition) is 2. The largest absolute Gasteiger partial charge is 0.282 e. The first-order valence-corrected chi connectivity index (χ1v) is 10.4. The molecule has 1 aromatic carbocycles. The van der Waals surface area contributed by atoms with Gasteiger partial charge in [-0.2, -0.15) is 0 Å². The molecule has 1 aliphatic carbocycles. The summed E-state index contributed by atoms with van der Waals surface area (Å²) < 4.78 is 50.0. The second kappa shape index (κ2) is 6.23. The van der Waals surface area contributed by atoms with Gasteiger partial charge in [0.15, 0.2) is 0 Å². The molecule has 1 aliphatic rings. The zero-order valence-electron chi connectivity index (χ0n) is 11.2. The van der Waals surface area contributed by atoms with Crippen LogP contribution in [0.2, 0.25) is 0 Å². The molecule has 2 rings (SSSR count). The maximum absolute atomic E-state index is 12.3. The Morgan fingerprint density at radius 3 is 2.24 bits per heavy atom. The summed E-state index contributed by atoms with van der Waals surface area (Å²) in [5, 5.41) is 4.64. The summed E-state index contributed by atoms with van der Waals surface area (Å²) in [5.74, 6) is 0. The first-order valence-electron chi connectivity index (χ1n) is 6.54. The van der Waals surface area contributed by atoms with E-state index in [1.54, 1.807) is 0 Å². The Kier molecular flexibility index (Phi) is 4.96. The summed E-state index contributed by atoms with van der Waals surface area (Å²) in [6, 6.07) is 3.96. The highest BCUT2D eigenvalue weighted by atomic mass is 79.9. The third-order valence-corrected chi connectivity index (χ3v) is 6.93. The van der Waals surface area contributed by atoms with Crippen LogP contribution in [0, 0.1) is 0 Å². The molecule has 0 bridgehead atoms. The Morgan fingerprint density at radius 2 is 1.71 bits per heavy atom. The van der Waals surface area contributed by atoms with Gasteiger partial charge in [-0.3, -0.25) is 4.72 Å². The summed E-state index contributed by atoms with van der Waals surface area (Å²) >= 11 is 3.17. The van der Waals surface area contributed by atoms with Crippen molar-refractivity contribution in [2.75, 3.05) is 4.72 Å². The van der Waals surface area contributed by atoms with Crippen molar-refractivity contribution in [1.29, 1.82) is 0 Å². The van der Waals surface area contributed by atoms with Crippen LogP contribution in [0.3, 0.4) is 0 Å². The predicted molar refractivity (Wildman–Crippen MR) is 84.9 cm³/mol. The van der Waals surface area contributed by atoms with E-state index in [0.717, 1.165) is 19.3 Å². The minimum absolute atomic E-state index is 0.0741. The molecule has 0 radical (unpaired) electrons. The molecule has 6 nitrogen and oxygen atoms in total. The van der Waals surface area contributed by atoms with Crippen LogP contribution in [-0.2, 0) is 20.0 Å². The monoisotopic (exact) mass is 396 g/mol. The molecule has 118 valence electrons. The van der Waals surface area contributed by atoms with Crippen molar-refractivity contribution < 1.29 is 16.8 Å². The van der Waals surface area contributed by atoms with Gasteiger partial charge in [-0.15, -0.1) is 0 Å². The molecule has 0 amide bonds. The van der Waals surface area contributed by atoms with E-state index in [2.05, 4.69) is 20.7 Å². The smallest absolute Gasteiger partial charge is 0.238 e. The fraction of sp³-hybridized carbons (Fsp3) is 0.500. The Labute approximate surface area is 133 Å². The van der Waals surface area contributed by atoms with Crippen molar-refractivity contribution in [3.8, 4) is 0 Å². The average molecular weight is 397 g/mol. The number of halogens is 1. The summed E-state index contributed by atoms with van der Waals surface area (Å²) in [7, 11) is -7.28. The van der Waals surface area contributed by atoms with E-state index in [1.165, 1.54) is 18.2 Å². The second-order valence-corrected chi connectivity index (χ2v) is 9.47. The maximum atomic E-state index is 12.3. The van der Waals surface area contributed by atoms with Crippen LogP contribution in [0.4, 0.5) is 5.69 Å². The summed E-state index contributed by atoms with van der Waals surface area (Å²) in [4.78, 5) is -0.0741. The van der Waals surface area contributed by atoms with E-state index in [-0.39, 0.29) is 4.90 Å². The van der Waals surface area contributed by atoms with Crippen LogP contribution in [0.25, 0.3) is 0 Å². The Hall–Kier alpha value is -0.640. The van der Waals surface area contributed by atoms with Gasteiger partial charge in [-0.05, 0) is 47.0 Å². The van der Waals surface area contributed by atoms with Crippen LogP contribution in [0.1, 0.15) is 32.1 Å². The number of benzene rings is 1. The van der Waals surface area contributed by atoms with E-state index in [1.807, 2.05) is 0 Å². The third kappa shape index (κ3) is 4.18. The lowest BCUT2D eigenvalue weighted by Gasteiger charge is -2.22. The number of hydrogen-bond acceptors (Lipinski definition) is 4. The fourth-order valence-corrected chi connectivity index (χ4v) is 5.27. The zero-order chi connectivity index (χ0) is 15.7. The third-order valence-electron chi connectivity index (χ3n) is 3.51. The van der Waals surface area contributed by atoms with E-state index < -0.39 is 25.3 Å². The molecular weight excluding hydrogens is 380 g/mol. The van der Waals surface area contributed by atoms with Gasteiger partial charge in [-0.1, -0.05) is 19.3 Å². The molecule has 3 N–H and O–H groups in total. The van der Waals surface area contributed by atoms with Gasteiger partial charge in [0.2, 0.25) is 20.0 Å². The van der Waals surface area contributed by atoms with Crippen LogP contribution in [-0.4, -0.2) is 22.1 Å². The van der Waals surface area contributed by atoms with E-state index in [9.17, 15) is 16.8 Å². The molecular formula is C12H17BrN2O4S2. The molecule has 9 heteroatoms. The van der Waals surface area contributed by atoms with Crippen LogP contribution in [0.5, 0.6) is 0 Å². The molecule has 0 saturated heterocycles. The Morgan fingerprint density at radius 1 is 1.10 bits per heavy atom. The van der Waals surface area contributed by atoms with Gasteiger partial charge < -0.3 is 0 Å². The molecule has 1 fully saturated rings. The average Bonchev–Trinajstić information content (AvgIpc) is 2.41. The molecule has 21 heavy (non-hydrogen) atoms. The van der Waals surface area contributed by atoms with Crippen molar-refractivity contribution in [1.82, 2.24) is 0 Å². The minimum atomic E-state index is -3.81. The summed E-state index contributed by atoms with van der Waals surface area (Å²) in [6.07, 6.45) is 4.21. The molecule has 0 heterocycles. The quantitative estimate of drug-likeness (QED) is 0.812. The molecule has 1 aromatic rings. The highest BCUT2D eigenvalue weighted by molar-refractivity contribution is 9.10.